The maximum atomic E-state index is 11.9. The molecule has 0 fully saturated rings. The van der Waals surface area contributed by atoms with Crippen LogP contribution in [0.5, 0.6) is 0 Å². The summed E-state index contributed by atoms with van der Waals surface area (Å²) in [6.07, 6.45) is 1.65. The Morgan fingerprint density at radius 3 is 2.83 bits per heavy atom. The van der Waals surface area contributed by atoms with Crippen LogP contribution in [0.25, 0.3) is 11.4 Å². The van der Waals surface area contributed by atoms with E-state index in [2.05, 4.69) is 20.5 Å². The molecule has 0 spiro atoms. The highest BCUT2D eigenvalue weighted by molar-refractivity contribution is 7.99. The Bertz CT molecular complexity index is 797. The number of anilines is 2. The van der Waals surface area contributed by atoms with Crippen LogP contribution in [0.3, 0.4) is 0 Å². The van der Waals surface area contributed by atoms with Crippen LogP contribution < -0.4 is 11.1 Å². The Balaban J connectivity index is 1.65. The lowest BCUT2D eigenvalue weighted by atomic mass is 10.2. The first-order chi connectivity index (χ1) is 11.1. The molecule has 0 aliphatic rings. The predicted molar refractivity (Wildman–Crippen MR) is 92.3 cm³/mol. The van der Waals surface area contributed by atoms with Gasteiger partial charge in [-0.15, -0.1) is 21.5 Å². The van der Waals surface area contributed by atoms with Gasteiger partial charge >= 0.3 is 0 Å². The van der Waals surface area contributed by atoms with Crippen molar-refractivity contribution in [2.75, 3.05) is 16.8 Å². The number of nitrogens with two attached hydrogens (primary N) is 1. The summed E-state index contributed by atoms with van der Waals surface area (Å²) in [7, 11) is 1.87. The van der Waals surface area contributed by atoms with Crippen LogP contribution in [0.15, 0.2) is 41.0 Å². The first kappa shape index (κ1) is 15.5. The van der Waals surface area contributed by atoms with E-state index in [1.807, 2.05) is 41.3 Å². The predicted octanol–water partition coefficient (Wildman–Crippen LogP) is 2.25. The fourth-order valence-electron chi connectivity index (χ4n) is 1.89. The zero-order valence-electron chi connectivity index (χ0n) is 12.3. The summed E-state index contributed by atoms with van der Waals surface area (Å²) in [4.78, 5) is 15.9. The third kappa shape index (κ3) is 3.69. The van der Waals surface area contributed by atoms with Crippen LogP contribution in [0.1, 0.15) is 0 Å². The summed E-state index contributed by atoms with van der Waals surface area (Å²) in [5, 5.41) is 14.1. The van der Waals surface area contributed by atoms with Gasteiger partial charge < -0.3 is 15.6 Å². The quantitative estimate of drug-likeness (QED) is 0.543. The summed E-state index contributed by atoms with van der Waals surface area (Å²) in [5.74, 6) is 0.850. The lowest BCUT2D eigenvalue weighted by Crippen LogP contribution is -2.14. The third-order valence-corrected chi connectivity index (χ3v) is 4.72. The van der Waals surface area contributed by atoms with E-state index < -0.39 is 0 Å². The highest BCUT2D eigenvalue weighted by atomic mass is 32.2. The Morgan fingerprint density at radius 2 is 2.13 bits per heavy atom. The SMILES string of the molecule is Cn1c(SCC(=O)Nc2nccs2)nnc1-c1ccc(N)cc1. The number of nitrogen functional groups attached to an aromatic ring is 1. The molecule has 23 heavy (non-hydrogen) atoms. The zero-order chi connectivity index (χ0) is 16.2. The Labute approximate surface area is 141 Å². The Hall–Kier alpha value is -2.39. The van der Waals surface area contributed by atoms with Gasteiger partial charge in [-0.05, 0) is 24.3 Å². The van der Waals surface area contributed by atoms with Crippen LogP contribution in [0, 0.1) is 0 Å². The second-order valence-electron chi connectivity index (χ2n) is 4.66. The largest absolute Gasteiger partial charge is 0.399 e. The van der Waals surface area contributed by atoms with E-state index in [0.29, 0.717) is 16.0 Å². The normalized spacial score (nSPS) is 10.7. The average Bonchev–Trinajstić information content (AvgIpc) is 3.16. The number of carbonyl (C=O) groups is 1. The van der Waals surface area contributed by atoms with Gasteiger partial charge in [0.1, 0.15) is 0 Å². The smallest absolute Gasteiger partial charge is 0.236 e. The van der Waals surface area contributed by atoms with Crippen molar-refractivity contribution in [2.24, 2.45) is 7.05 Å². The maximum Gasteiger partial charge on any atom is 0.236 e. The second-order valence-corrected chi connectivity index (χ2v) is 6.50. The van der Waals surface area contributed by atoms with Crippen molar-refractivity contribution in [3.05, 3.63) is 35.8 Å². The van der Waals surface area contributed by atoms with Gasteiger partial charge in [0.2, 0.25) is 5.91 Å². The van der Waals surface area contributed by atoms with Gasteiger partial charge in [-0.25, -0.2) is 4.98 Å². The topological polar surface area (TPSA) is 98.7 Å². The highest BCUT2D eigenvalue weighted by Crippen LogP contribution is 2.23. The lowest BCUT2D eigenvalue weighted by Gasteiger charge is -2.04. The molecule has 0 bridgehead atoms. The van der Waals surface area contributed by atoms with Crippen molar-refractivity contribution in [1.29, 1.82) is 0 Å². The van der Waals surface area contributed by atoms with E-state index in [1.165, 1.54) is 23.1 Å². The molecule has 1 amide bonds. The number of aromatic nitrogens is 4. The number of thiazole rings is 1. The van der Waals surface area contributed by atoms with Crippen LogP contribution >= 0.6 is 23.1 Å². The second kappa shape index (κ2) is 6.80. The molecule has 3 rings (SSSR count). The molecule has 0 unspecified atom stereocenters. The minimum atomic E-state index is -0.123. The summed E-state index contributed by atoms with van der Waals surface area (Å²) in [6.45, 7) is 0. The number of benzene rings is 1. The third-order valence-electron chi connectivity index (χ3n) is 3.01. The molecule has 118 valence electrons. The number of amides is 1. The van der Waals surface area contributed by atoms with Crippen molar-refractivity contribution < 1.29 is 4.79 Å². The monoisotopic (exact) mass is 346 g/mol. The van der Waals surface area contributed by atoms with E-state index in [-0.39, 0.29) is 11.7 Å². The molecule has 0 radical (unpaired) electrons. The van der Waals surface area contributed by atoms with E-state index in [4.69, 9.17) is 5.73 Å². The number of hydrogen-bond donors (Lipinski definition) is 2. The van der Waals surface area contributed by atoms with Crippen LogP contribution in [0.4, 0.5) is 10.8 Å². The Morgan fingerprint density at radius 1 is 1.35 bits per heavy atom. The van der Waals surface area contributed by atoms with Gasteiger partial charge in [0.25, 0.3) is 0 Å². The molecule has 0 atom stereocenters. The van der Waals surface area contributed by atoms with Crippen LogP contribution in [-0.4, -0.2) is 31.4 Å². The molecule has 3 aromatic rings. The number of nitrogens with zero attached hydrogens (tertiary/aromatic N) is 4. The number of rotatable bonds is 5. The molecule has 0 saturated heterocycles. The van der Waals surface area contributed by atoms with Gasteiger partial charge in [0.15, 0.2) is 16.1 Å². The van der Waals surface area contributed by atoms with Crippen molar-refractivity contribution in [1.82, 2.24) is 19.7 Å². The summed E-state index contributed by atoms with van der Waals surface area (Å²) in [5.41, 5.74) is 7.31. The van der Waals surface area contributed by atoms with E-state index >= 15 is 0 Å². The van der Waals surface area contributed by atoms with E-state index in [0.717, 1.165) is 11.4 Å². The molecule has 0 saturated carbocycles. The Kier molecular flexibility index (Phi) is 4.58. The first-order valence-electron chi connectivity index (χ1n) is 6.71. The standard InChI is InChI=1S/C14H14N6OS2/c1-20-12(9-2-4-10(15)5-3-9)18-19-14(20)23-8-11(21)17-13-16-6-7-22-13/h2-7H,8,15H2,1H3,(H,16,17,21). The number of thioether (sulfide) groups is 1. The fraction of sp³-hybridized carbons (Fsp3) is 0.143. The van der Waals surface area contributed by atoms with Crippen molar-refractivity contribution >= 4 is 39.8 Å². The number of carbonyl (C=O) groups excluding carboxylic acids is 1. The maximum absolute atomic E-state index is 11.9. The highest BCUT2D eigenvalue weighted by Gasteiger charge is 2.13. The molecule has 2 aromatic heterocycles. The summed E-state index contributed by atoms with van der Waals surface area (Å²) >= 11 is 2.71. The molecule has 7 nitrogen and oxygen atoms in total. The zero-order valence-corrected chi connectivity index (χ0v) is 13.9. The van der Waals surface area contributed by atoms with E-state index in [9.17, 15) is 4.79 Å². The average molecular weight is 346 g/mol. The molecule has 3 N–H and O–H groups in total. The molecular weight excluding hydrogens is 332 g/mol. The van der Waals surface area contributed by atoms with Gasteiger partial charge in [-0.1, -0.05) is 11.8 Å². The van der Waals surface area contributed by atoms with Gasteiger partial charge in [0, 0.05) is 29.9 Å². The van der Waals surface area contributed by atoms with Crippen molar-refractivity contribution in [3.8, 4) is 11.4 Å². The molecule has 9 heteroatoms. The van der Waals surface area contributed by atoms with E-state index in [1.54, 1.807) is 6.20 Å². The van der Waals surface area contributed by atoms with Crippen LogP contribution in [-0.2, 0) is 11.8 Å². The van der Waals surface area contributed by atoms with Crippen LogP contribution in [0.2, 0.25) is 0 Å². The summed E-state index contributed by atoms with van der Waals surface area (Å²) < 4.78 is 1.85. The molecule has 2 heterocycles. The molecule has 0 aliphatic heterocycles. The van der Waals surface area contributed by atoms with Crippen molar-refractivity contribution in [3.63, 3.8) is 0 Å². The van der Waals surface area contributed by atoms with Crippen molar-refractivity contribution in [2.45, 2.75) is 5.16 Å². The fourth-order valence-corrected chi connectivity index (χ4v) is 3.15. The van der Waals surface area contributed by atoms with Gasteiger partial charge in [0.05, 0.1) is 5.75 Å². The molecule has 0 aliphatic carbocycles. The minimum Gasteiger partial charge on any atom is -0.399 e. The number of nitrogens with one attached hydrogen (secondary N) is 1. The first-order valence-corrected chi connectivity index (χ1v) is 8.57. The van der Waals surface area contributed by atoms with Gasteiger partial charge in [-0.3, -0.25) is 4.79 Å². The van der Waals surface area contributed by atoms with Gasteiger partial charge in [-0.2, -0.15) is 0 Å². The molecule has 1 aromatic carbocycles. The minimum absolute atomic E-state index is 0.123. The number of hydrogen-bond acceptors (Lipinski definition) is 7. The summed E-state index contributed by atoms with van der Waals surface area (Å²) in [6, 6.07) is 7.42. The molecular formula is C14H14N6OS2. The lowest BCUT2D eigenvalue weighted by molar-refractivity contribution is -0.113.